The van der Waals surface area contributed by atoms with Crippen molar-refractivity contribution in [1.29, 1.82) is 0 Å². The second-order valence-electron chi connectivity index (χ2n) is 1.81. The van der Waals surface area contributed by atoms with Crippen LogP contribution < -0.4 is 5.32 Å². The van der Waals surface area contributed by atoms with Crippen LogP contribution in [0.25, 0.3) is 0 Å². The quantitative estimate of drug-likeness (QED) is 0.429. The molecule has 1 rings (SSSR count). The molecule has 1 fully saturated rings. The van der Waals surface area contributed by atoms with E-state index in [4.69, 9.17) is 0 Å². The molecule has 0 aromatic rings. The summed E-state index contributed by atoms with van der Waals surface area (Å²) in [7, 11) is 0. The smallest absolute Gasteiger partial charge is 0.00489 e. The number of nitrogens with one attached hydrogen (secondary N) is 1. The Morgan fingerprint density at radius 1 is 0.833 bits per heavy atom. The number of hydrogen-bond acceptors (Lipinski definition) is 1. The minimum Gasteiger partial charge on any atom is -0.317 e. The highest BCUT2D eigenvalue weighted by Crippen LogP contribution is 1.96. The molecular weight excluding hydrogens is 75.1 g/mol. The molecule has 36 valence electrons. The highest BCUT2D eigenvalue weighted by Gasteiger charge is 1.93. The van der Waals surface area contributed by atoms with Crippen molar-refractivity contribution in [2.75, 3.05) is 13.1 Å². The lowest BCUT2D eigenvalue weighted by Crippen LogP contribution is -2.21. The van der Waals surface area contributed by atoms with E-state index in [0.29, 0.717) is 0 Å². The van der Waals surface area contributed by atoms with E-state index in [1.165, 1.54) is 32.4 Å². The molecule has 0 amide bonds. The molecule has 1 saturated heterocycles. The third kappa shape index (κ3) is 0.977. The molecule has 1 aliphatic rings. The Balaban J connectivity index is 2.00. The van der Waals surface area contributed by atoms with Gasteiger partial charge in [0.25, 0.3) is 0 Å². The van der Waals surface area contributed by atoms with E-state index in [-0.39, 0.29) is 0 Å². The van der Waals surface area contributed by atoms with Gasteiger partial charge in [-0.2, -0.15) is 0 Å². The normalized spacial score (nSPS) is 24.0. The summed E-state index contributed by atoms with van der Waals surface area (Å²) >= 11 is 0. The molecule has 1 aliphatic heterocycles. The van der Waals surface area contributed by atoms with Gasteiger partial charge in [-0.25, -0.2) is 0 Å². The Hall–Kier alpha value is -0.0400. The Kier molecular flexibility index (Phi) is 1.51. The molecule has 0 atom stereocenters. The van der Waals surface area contributed by atoms with Gasteiger partial charge < -0.3 is 5.32 Å². The molecule has 1 N–H and O–H groups in total. The van der Waals surface area contributed by atoms with Crippen LogP contribution in [0.2, 0.25) is 0 Å². The van der Waals surface area contributed by atoms with E-state index < -0.39 is 0 Å². The third-order valence-electron chi connectivity index (χ3n) is 1.21. The highest BCUT2D eigenvalue weighted by molar-refractivity contribution is 4.55. The first-order valence-electron chi connectivity index (χ1n) is 2.71. The molecular formula is C5H11N. The summed E-state index contributed by atoms with van der Waals surface area (Å²) in [4.78, 5) is 0. The van der Waals surface area contributed by atoms with Crippen LogP contribution >= 0.6 is 0 Å². The van der Waals surface area contributed by atoms with E-state index in [9.17, 15) is 0 Å². The van der Waals surface area contributed by atoms with Crippen LogP contribution in [0, 0.1) is 0 Å². The zero-order chi connectivity index (χ0) is 4.24. The second kappa shape index (κ2) is 2.19. The molecule has 0 spiro atoms. The average Bonchev–Trinajstić information content (AvgIpc) is 1.72. The van der Waals surface area contributed by atoms with Crippen LogP contribution in [0.3, 0.4) is 0 Å². The SMILES string of the molecule is C1CC[15NH]CC1. The summed E-state index contributed by atoms with van der Waals surface area (Å²) in [6.07, 6.45) is 4.22. The number of piperidine rings is 1. The predicted molar refractivity (Wildman–Crippen MR) is 26.7 cm³/mol. The fourth-order valence-corrected chi connectivity index (χ4v) is 0.802. The molecule has 6 heavy (non-hydrogen) atoms. The maximum Gasteiger partial charge on any atom is -0.00489 e. The van der Waals surface area contributed by atoms with Crippen LogP contribution in [0.5, 0.6) is 0 Å². The van der Waals surface area contributed by atoms with Crippen molar-refractivity contribution in [2.45, 2.75) is 19.3 Å². The maximum atomic E-state index is 3.28. The molecule has 0 aromatic carbocycles. The summed E-state index contributed by atoms with van der Waals surface area (Å²) < 4.78 is 0. The fraction of sp³-hybridized carbons (Fsp3) is 1.00. The van der Waals surface area contributed by atoms with Crippen molar-refractivity contribution in [2.24, 2.45) is 0 Å². The first kappa shape index (κ1) is 4.13. The van der Waals surface area contributed by atoms with E-state index in [2.05, 4.69) is 5.32 Å². The van der Waals surface area contributed by atoms with E-state index in [1.54, 1.807) is 0 Å². The molecule has 1 heterocycles. The average molecular weight is 86.1 g/mol. The lowest BCUT2D eigenvalue weighted by atomic mass is 10.2. The minimum atomic E-state index is 1.25. The van der Waals surface area contributed by atoms with Crippen molar-refractivity contribution in [3.63, 3.8) is 0 Å². The van der Waals surface area contributed by atoms with Gasteiger partial charge in [-0.3, -0.25) is 0 Å². The fourth-order valence-electron chi connectivity index (χ4n) is 0.802. The standard InChI is InChI=1S/C5H11N/c1-2-4-6-5-3-1/h6H,1-5H2/i6+1. The van der Waals surface area contributed by atoms with E-state index in [1.807, 2.05) is 0 Å². The summed E-state index contributed by atoms with van der Waals surface area (Å²) in [5, 5.41) is 3.28. The van der Waals surface area contributed by atoms with Gasteiger partial charge in [0.1, 0.15) is 0 Å². The molecule has 0 bridgehead atoms. The second-order valence-corrected chi connectivity index (χ2v) is 1.81. The summed E-state index contributed by atoms with van der Waals surface area (Å²) in [6, 6.07) is 0. The highest BCUT2D eigenvalue weighted by atomic mass is 15.6. The Bertz CT molecular complexity index is 19.4. The van der Waals surface area contributed by atoms with Crippen molar-refractivity contribution < 1.29 is 0 Å². The Morgan fingerprint density at radius 3 is 1.67 bits per heavy atom. The van der Waals surface area contributed by atoms with Gasteiger partial charge in [-0.05, 0) is 25.9 Å². The van der Waals surface area contributed by atoms with Gasteiger partial charge in [0.15, 0.2) is 0 Å². The number of hydrogen-bond donors (Lipinski definition) is 1. The van der Waals surface area contributed by atoms with E-state index in [0.717, 1.165) is 0 Å². The first-order valence-corrected chi connectivity index (χ1v) is 2.71. The van der Waals surface area contributed by atoms with Crippen LogP contribution in [-0.2, 0) is 0 Å². The first-order chi connectivity index (χ1) is 3.00. The Morgan fingerprint density at radius 2 is 1.50 bits per heavy atom. The van der Waals surface area contributed by atoms with Gasteiger partial charge in [-0.1, -0.05) is 6.42 Å². The molecule has 0 radical (unpaired) electrons. The zero-order valence-corrected chi connectivity index (χ0v) is 4.04. The molecule has 0 aliphatic carbocycles. The minimum absolute atomic E-state index is 1.25. The van der Waals surface area contributed by atoms with E-state index >= 15 is 0 Å². The van der Waals surface area contributed by atoms with Crippen molar-refractivity contribution in [3.05, 3.63) is 0 Å². The molecule has 0 unspecified atom stereocenters. The van der Waals surface area contributed by atoms with Crippen LogP contribution in [-0.4, -0.2) is 13.1 Å². The van der Waals surface area contributed by atoms with Crippen LogP contribution in [0.1, 0.15) is 19.3 Å². The number of rotatable bonds is 0. The zero-order valence-electron chi connectivity index (χ0n) is 4.04. The Labute approximate surface area is 38.7 Å². The van der Waals surface area contributed by atoms with Gasteiger partial charge in [0, 0.05) is 0 Å². The lowest BCUT2D eigenvalue weighted by Gasteiger charge is -2.08. The third-order valence-corrected chi connectivity index (χ3v) is 1.21. The van der Waals surface area contributed by atoms with Gasteiger partial charge in [0.05, 0.1) is 0 Å². The summed E-state index contributed by atoms with van der Waals surface area (Å²) in [5.41, 5.74) is 0. The predicted octanol–water partition coefficient (Wildman–Crippen LogP) is 0.760. The maximum absolute atomic E-state index is 3.28. The van der Waals surface area contributed by atoms with Crippen LogP contribution in [0.15, 0.2) is 0 Å². The van der Waals surface area contributed by atoms with Gasteiger partial charge in [-0.15, -0.1) is 0 Å². The topological polar surface area (TPSA) is 12.0 Å². The molecule has 0 saturated carbocycles. The van der Waals surface area contributed by atoms with Crippen molar-refractivity contribution in [1.82, 2.24) is 5.32 Å². The molecule has 0 aromatic heterocycles. The summed E-state index contributed by atoms with van der Waals surface area (Å²) in [5.74, 6) is 0. The molecule has 1 nitrogen and oxygen atoms in total. The van der Waals surface area contributed by atoms with Crippen LogP contribution in [0.4, 0.5) is 0 Å². The lowest BCUT2D eigenvalue weighted by molar-refractivity contribution is 0.520. The monoisotopic (exact) mass is 86.1 g/mol. The van der Waals surface area contributed by atoms with Gasteiger partial charge >= 0.3 is 0 Å². The van der Waals surface area contributed by atoms with Crippen molar-refractivity contribution >= 4 is 0 Å². The molecule has 1 heteroatoms. The van der Waals surface area contributed by atoms with Crippen molar-refractivity contribution in [3.8, 4) is 0 Å². The van der Waals surface area contributed by atoms with Gasteiger partial charge in [0.2, 0.25) is 0 Å². The largest absolute Gasteiger partial charge is 0.317 e. The summed E-state index contributed by atoms with van der Waals surface area (Å²) in [6.45, 7) is 2.50.